The summed E-state index contributed by atoms with van der Waals surface area (Å²) in [4.78, 5) is 30.1. The number of rotatable bonds is 7. The molecule has 1 fully saturated rings. The number of halogens is 2. The molecule has 2 heterocycles. The van der Waals surface area contributed by atoms with Crippen molar-refractivity contribution >= 4 is 40.7 Å². The Balaban J connectivity index is 1.80. The Kier molecular flexibility index (Phi) is 7.22. The summed E-state index contributed by atoms with van der Waals surface area (Å²) in [6.45, 7) is 8.67. The smallest absolute Gasteiger partial charge is 0.295 e. The van der Waals surface area contributed by atoms with Crippen molar-refractivity contribution in [3.05, 3.63) is 68.7 Å². The topological polar surface area (TPSA) is 70.1 Å². The third-order valence-corrected chi connectivity index (χ3v) is 7.26. The van der Waals surface area contributed by atoms with E-state index < -0.39 is 17.7 Å². The van der Waals surface area contributed by atoms with Crippen LogP contribution in [0.15, 0.2) is 42.0 Å². The van der Waals surface area contributed by atoms with Crippen LogP contribution >= 0.6 is 23.2 Å². The van der Waals surface area contributed by atoms with Crippen molar-refractivity contribution in [2.45, 2.75) is 39.3 Å². The molecular weight excluding hydrogens is 475 g/mol. The van der Waals surface area contributed by atoms with Gasteiger partial charge in [0.05, 0.1) is 21.7 Å². The number of hydrogen-bond acceptors (Lipinski definition) is 5. The molecule has 2 atom stereocenters. The van der Waals surface area contributed by atoms with Crippen LogP contribution in [-0.4, -0.2) is 58.9 Å². The Morgan fingerprint density at radius 2 is 1.85 bits per heavy atom. The molecule has 1 amide bonds. The SMILES string of the molecule is CCN(CC)CCN1C(=O)C(=O)/C(=C(/O)c2ccc3c(c2)CC(C)O3)C1c1ccc(Cl)c(Cl)c1. The molecule has 1 N–H and O–H groups in total. The number of ketones is 1. The highest BCUT2D eigenvalue weighted by Gasteiger charge is 2.46. The minimum absolute atomic E-state index is 0.0502. The van der Waals surface area contributed by atoms with Crippen molar-refractivity contribution in [3.63, 3.8) is 0 Å². The number of aliphatic hydroxyl groups is 1. The Hall–Kier alpha value is -2.54. The van der Waals surface area contributed by atoms with E-state index in [9.17, 15) is 14.7 Å². The van der Waals surface area contributed by atoms with Crippen LogP contribution in [0, 0.1) is 0 Å². The lowest BCUT2D eigenvalue weighted by Crippen LogP contribution is -2.38. The number of amides is 1. The first-order chi connectivity index (χ1) is 16.2. The summed E-state index contributed by atoms with van der Waals surface area (Å²) in [6, 6.07) is 9.58. The molecule has 2 aliphatic rings. The maximum atomic E-state index is 13.2. The van der Waals surface area contributed by atoms with Crippen LogP contribution in [0.4, 0.5) is 0 Å². The summed E-state index contributed by atoms with van der Waals surface area (Å²) in [5.74, 6) is -0.784. The van der Waals surface area contributed by atoms with E-state index >= 15 is 0 Å². The molecule has 2 aromatic rings. The van der Waals surface area contributed by atoms with Crippen LogP contribution < -0.4 is 4.74 Å². The van der Waals surface area contributed by atoms with Crippen LogP contribution in [0.5, 0.6) is 5.75 Å². The number of hydrogen-bond donors (Lipinski definition) is 1. The van der Waals surface area contributed by atoms with E-state index in [1.54, 1.807) is 30.3 Å². The van der Waals surface area contributed by atoms with Crippen LogP contribution in [0.1, 0.15) is 43.5 Å². The van der Waals surface area contributed by atoms with E-state index in [4.69, 9.17) is 27.9 Å². The second-order valence-electron chi connectivity index (χ2n) is 8.65. The molecule has 1 saturated heterocycles. The molecule has 2 aliphatic heterocycles. The average Bonchev–Trinajstić information content (AvgIpc) is 3.31. The lowest BCUT2D eigenvalue weighted by atomic mass is 9.94. The summed E-state index contributed by atoms with van der Waals surface area (Å²) in [7, 11) is 0. The Morgan fingerprint density at radius 3 is 2.53 bits per heavy atom. The van der Waals surface area contributed by atoms with Gasteiger partial charge in [-0.05, 0) is 61.5 Å². The number of fused-ring (bicyclic) bond motifs is 1. The number of carbonyl (C=O) groups is 2. The molecular formula is C26H28Cl2N2O4. The van der Waals surface area contributed by atoms with Crippen LogP contribution in [0.2, 0.25) is 10.0 Å². The molecule has 0 saturated carbocycles. The minimum atomic E-state index is -0.770. The van der Waals surface area contributed by atoms with E-state index in [-0.39, 0.29) is 17.4 Å². The third-order valence-electron chi connectivity index (χ3n) is 6.52. The first kappa shape index (κ1) is 24.6. The van der Waals surface area contributed by atoms with E-state index in [2.05, 4.69) is 4.90 Å². The van der Waals surface area contributed by atoms with E-state index in [0.717, 1.165) is 24.4 Å². The van der Waals surface area contributed by atoms with Gasteiger partial charge in [-0.1, -0.05) is 43.1 Å². The van der Waals surface area contributed by atoms with Crippen molar-refractivity contribution in [1.29, 1.82) is 0 Å². The second-order valence-corrected chi connectivity index (χ2v) is 9.46. The number of carbonyl (C=O) groups excluding carboxylic acids is 2. The van der Waals surface area contributed by atoms with Gasteiger partial charge in [-0.25, -0.2) is 0 Å². The van der Waals surface area contributed by atoms with Gasteiger partial charge >= 0.3 is 0 Å². The molecule has 2 unspecified atom stereocenters. The number of likely N-dealkylation sites (tertiary alicyclic amines) is 1. The molecule has 0 radical (unpaired) electrons. The zero-order chi connectivity index (χ0) is 24.6. The molecule has 0 aliphatic carbocycles. The van der Waals surface area contributed by atoms with Crippen molar-refractivity contribution in [2.75, 3.05) is 26.2 Å². The second kappa shape index (κ2) is 9.98. The summed E-state index contributed by atoms with van der Waals surface area (Å²) in [6.07, 6.45) is 0.763. The van der Waals surface area contributed by atoms with Gasteiger partial charge in [0.2, 0.25) is 0 Å². The normalized spacial score (nSPS) is 21.3. The molecule has 6 nitrogen and oxygen atoms in total. The predicted octanol–water partition coefficient (Wildman–Crippen LogP) is 5.08. The number of benzene rings is 2. The summed E-state index contributed by atoms with van der Waals surface area (Å²) < 4.78 is 5.75. The molecule has 0 spiro atoms. The highest BCUT2D eigenvalue weighted by molar-refractivity contribution is 6.46. The summed E-state index contributed by atoms with van der Waals surface area (Å²) in [5.41, 5.74) is 2.10. The molecule has 180 valence electrons. The minimum Gasteiger partial charge on any atom is -0.507 e. The number of aliphatic hydroxyl groups excluding tert-OH is 1. The lowest BCUT2D eigenvalue weighted by Gasteiger charge is -2.28. The average molecular weight is 503 g/mol. The zero-order valence-corrected chi connectivity index (χ0v) is 21.0. The van der Waals surface area contributed by atoms with Crippen molar-refractivity contribution in [1.82, 2.24) is 9.80 Å². The van der Waals surface area contributed by atoms with Gasteiger partial charge < -0.3 is 19.6 Å². The van der Waals surface area contributed by atoms with E-state index in [1.165, 1.54) is 4.90 Å². The first-order valence-corrected chi connectivity index (χ1v) is 12.3. The first-order valence-electron chi connectivity index (χ1n) is 11.5. The maximum Gasteiger partial charge on any atom is 0.295 e. The van der Waals surface area contributed by atoms with Crippen molar-refractivity contribution in [2.24, 2.45) is 0 Å². The van der Waals surface area contributed by atoms with Gasteiger partial charge in [0.15, 0.2) is 0 Å². The lowest BCUT2D eigenvalue weighted by molar-refractivity contribution is -0.140. The quantitative estimate of drug-likeness (QED) is 0.324. The van der Waals surface area contributed by atoms with Crippen LogP contribution in [0.25, 0.3) is 5.76 Å². The fourth-order valence-electron chi connectivity index (χ4n) is 4.65. The largest absolute Gasteiger partial charge is 0.507 e. The molecule has 34 heavy (non-hydrogen) atoms. The Bertz CT molecular complexity index is 1160. The van der Waals surface area contributed by atoms with Gasteiger partial charge in [0, 0.05) is 25.1 Å². The Labute approximate surface area is 209 Å². The van der Waals surface area contributed by atoms with Gasteiger partial charge in [0.25, 0.3) is 11.7 Å². The maximum absolute atomic E-state index is 13.2. The number of likely N-dealkylation sites (N-methyl/N-ethyl adjacent to an activating group) is 1. The van der Waals surface area contributed by atoms with Gasteiger partial charge in [-0.3, -0.25) is 9.59 Å². The van der Waals surface area contributed by atoms with Crippen molar-refractivity contribution < 1.29 is 19.4 Å². The molecule has 8 heteroatoms. The van der Waals surface area contributed by atoms with Gasteiger partial charge in [0.1, 0.15) is 17.6 Å². The van der Waals surface area contributed by atoms with Gasteiger partial charge in [-0.15, -0.1) is 0 Å². The number of nitrogens with zero attached hydrogens (tertiary/aromatic N) is 2. The molecule has 0 aromatic heterocycles. The molecule has 4 rings (SSSR count). The van der Waals surface area contributed by atoms with Crippen molar-refractivity contribution in [3.8, 4) is 5.75 Å². The number of Topliss-reactive ketones (excluding diaryl/α,β-unsaturated/α-hetero) is 1. The standard InChI is InChI=1S/C26H28Cl2N2O4/c1-4-29(5-2)10-11-30-23(16-6-8-19(27)20(28)14-16)22(25(32)26(30)33)24(31)17-7-9-21-18(13-17)12-15(3)34-21/h6-9,13-15,23,31H,4-5,10-12H2,1-3H3/b24-22+. The van der Waals surface area contributed by atoms with E-state index in [0.29, 0.717) is 40.7 Å². The summed E-state index contributed by atoms with van der Waals surface area (Å²) >= 11 is 12.4. The Morgan fingerprint density at radius 1 is 1.12 bits per heavy atom. The third kappa shape index (κ3) is 4.54. The molecule has 2 aromatic carbocycles. The van der Waals surface area contributed by atoms with Crippen LogP contribution in [-0.2, 0) is 16.0 Å². The summed E-state index contributed by atoms with van der Waals surface area (Å²) in [5, 5.41) is 12.0. The van der Waals surface area contributed by atoms with Crippen LogP contribution in [0.3, 0.4) is 0 Å². The number of ether oxygens (including phenoxy) is 1. The predicted molar refractivity (Wildman–Crippen MR) is 133 cm³/mol. The highest BCUT2D eigenvalue weighted by Crippen LogP contribution is 2.41. The highest BCUT2D eigenvalue weighted by atomic mass is 35.5. The van der Waals surface area contributed by atoms with Gasteiger partial charge in [-0.2, -0.15) is 0 Å². The van der Waals surface area contributed by atoms with E-state index in [1.807, 2.05) is 26.8 Å². The fraction of sp³-hybridized carbons (Fsp3) is 0.385. The molecule has 0 bridgehead atoms. The zero-order valence-electron chi connectivity index (χ0n) is 19.5. The monoisotopic (exact) mass is 502 g/mol. The fourth-order valence-corrected chi connectivity index (χ4v) is 4.96.